The fourth-order valence-corrected chi connectivity index (χ4v) is 4.17. The summed E-state index contributed by atoms with van der Waals surface area (Å²) >= 11 is 0. The fraction of sp³-hybridized carbons (Fsp3) is 0.364. The number of hydrogen-bond acceptors (Lipinski definition) is 4. The van der Waals surface area contributed by atoms with Gasteiger partial charge in [0, 0.05) is 18.7 Å². The molecule has 2 N–H and O–H groups in total. The number of nitrogens with one attached hydrogen (secondary N) is 1. The Morgan fingerprint density at radius 1 is 1.17 bits per heavy atom. The van der Waals surface area contributed by atoms with Crippen LogP contribution in [0.1, 0.15) is 17.8 Å². The van der Waals surface area contributed by atoms with Gasteiger partial charge in [0.1, 0.15) is 18.2 Å². The van der Waals surface area contributed by atoms with Crippen LogP contribution >= 0.6 is 0 Å². The lowest BCUT2D eigenvalue weighted by atomic mass is 10.0. The number of carbonyl (C=O) groups is 1. The second-order valence-electron chi connectivity index (χ2n) is 7.82. The molecule has 0 spiro atoms. The minimum atomic E-state index is -0.415. The molecule has 29 heavy (non-hydrogen) atoms. The number of aromatic nitrogens is 2. The van der Waals surface area contributed by atoms with Crippen molar-refractivity contribution in [3.8, 4) is 16.9 Å². The first-order valence-corrected chi connectivity index (χ1v) is 10.0. The Labute approximate surface area is 168 Å². The van der Waals surface area contributed by atoms with Crippen LogP contribution in [0.15, 0.2) is 36.4 Å². The number of carbonyl (C=O) groups excluding carboxylic acids is 1. The topological polar surface area (TPSA) is 81.7 Å². The number of aliphatic hydroxyl groups excluding tert-OH is 1. The third-order valence-electron chi connectivity index (χ3n) is 5.68. The van der Waals surface area contributed by atoms with Crippen molar-refractivity contribution in [1.82, 2.24) is 19.8 Å². The van der Waals surface area contributed by atoms with Gasteiger partial charge in [-0.05, 0) is 48.7 Å². The largest absolute Gasteiger partial charge is 0.491 e. The van der Waals surface area contributed by atoms with Crippen LogP contribution in [-0.2, 0) is 6.54 Å². The number of nitrogens with zero attached hydrogens (tertiary/aromatic N) is 3. The van der Waals surface area contributed by atoms with Crippen LogP contribution in [0.2, 0.25) is 0 Å². The smallest absolute Gasteiger partial charge is 0.320 e. The highest BCUT2D eigenvalue weighted by Crippen LogP contribution is 2.31. The first-order chi connectivity index (χ1) is 14.1. The Kier molecular flexibility index (Phi) is 4.39. The molecular formula is C22H24N4O3. The average Bonchev–Trinajstić information content (AvgIpc) is 3.24. The summed E-state index contributed by atoms with van der Waals surface area (Å²) in [6.45, 7) is 4.47. The van der Waals surface area contributed by atoms with Crippen LogP contribution in [0.5, 0.6) is 5.75 Å². The lowest BCUT2D eigenvalue weighted by Crippen LogP contribution is -2.43. The number of likely N-dealkylation sites (tertiary alicyclic amines) is 1. The van der Waals surface area contributed by atoms with E-state index in [9.17, 15) is 9.90 Å². The maximum absolute atomic E-state index is 12.9. The van der Waals surface area contributed by atoms with Crippen LogP contribution < -0.4 is 4.74 Å². The molecule has 7 nitrogen and oxygen atoms in total. The minimum absolute atomic E-state index is 0.0299. The number of aliphatic hydroxyl groups is 1. The predicted octanol–water partition coefficient (Wildman–Crippen LogP) is 2.92. The van der Waals surface area contributed by atoms with E-state index >= 15 is 0 Å². The van der Waals surface area contributed by atoms with E-state index in [-0.39, 0.29) is 6.03 Å². The Hall–Kier alpha value is -3.06. The van der Waals surface area contributed by atoms with E-state index < -0.39 is 6.10 Å². The number of fused-ring (bicyclic) bond motifs is 2. The van der Waals surface area contributed by atoms with Crippen LogP contribution in [0.25, 0.3) is 22.2 Å². The van der Waals surface area contributed by atoms with Crippen molar-refractivity contribution in [2.24, 2.45) is 0 Å². The summed E-state index contributed by atoms with van der Waals surface area (Å²) in [6, 6.07) is 12.3. The van der Waals surface area contributed by atoms with Gasteiger partial charge in [0.05, 0.1) is 30.2 Å². The number of benzene rings is 2. The molecule has 5 rings (SSSR count). The Morgan fingerprint density at radius 3 is 2.83 bits per heavy atom. The number of aromatic amines is 1. The molecule has 3 heterocycles. The molecule has 1 unspecified atom stereocenters. The van der Waals surface area contributed by atoms with E-state index in [1.807, 2.05) is 24.0 Å². The number of imidazole rings is 1. The Morgan fingerprint density at radius 2 is 2.00 bits per heavy atom. The van der Waals surface area contributed by atoms with Crippen molar-refractivity contribution < 1.29 is 14.6 Å². The van der Waals surface area contributed by atoms with Gasteiger partial charge in [-0.1, -0.05) is 12.1 Å². The van der Waals surface area contributed by atoms with E-state index in [1.54, 1.807) is 4.90 Å². The number of H-pyrrole nitrogens is 1. The van der Waals surface area contributed by atoms with Crippen molar-refractivity contribution in [2.75, 3.05) is 26.2 Å². The highest BCUT2D eigenvalue weighted by atomic mass is 16.5. The van der Waals surface area contributed by atoms with E-state index in [4.69, 9.17) is 4.74 Å². The average molecular weight is 392 g/mol. The molecule has 2 amide bonds. The standard InChI is InChI=1S/C22H24N4O3/c1-14-23-19-4-2-16(11-20(19)24-14)15-3-5-21-17(10-15)12-26(8-9-29-21)22(28)25-7-6-18(27)13-25/h2-5,10-11,18,27H,6-9,12-13H2,1H3,(H,23,24). The van der Waals surface area contributed by atoms with Gasteiger partial charge >= 0.3 is 6.03 Å². The molecule has 7 heteroatoms. The molecule has 0 saturated carbocycles. The van der Waals surface area contributed by atoms with E-state index in [0.29, 0.717) is 39.2 Å². The number of rotatable bonds is 1. The molecule has 0 bridgehead atoms. The van der Waals surface area contributed by atoms with Gasteiger partial charge in [0.15, 0.2) is 0 Å². The predicted molar refractivity (Wildman–Crippen MR) is 110 cm³/mol. The molecule has 1 atom stereocenters. The van der Waals surface area contributed by atoms with Crippen molar-refractivity contribution >= 4 is 17.1 Å². The summed E-state index contributed by atoms with van der Waals surface area (Å²) in [5, 5.41) is 9.76. The first kappa shape index (κ1) is 18.0. The third kappa shape index (κ3) is 3.42. The van der Waals surface area contributed by atoms with Gasteiger partial charge in [0.25, 0.3) is 0 Å². The van der Waals surface area contributed by atoms with Crippen LogP contribution in [0, 0.1) is 6.92 Å². The molecule has 0 aliphatic carbocycles. The lowest BCUT2D eigenvalue weighted by molar-refractivity contribution is 0.141. The number of β-amino-alcohol motifs (C(OH)–C–C–N with tert-alkyl or cyclic N) is 1. The SMILES string of the molecule is Cc1nc2ccc(-c3ccc4c(c3)CN(C(=O)N3CCC(O)C3)CCO4)cc2[nH]1. The number of urea groups is 1. The zero-order valence-corrected chi connectivity index (χ0v) is 16.4. The zero-order chi connectivity index (χ0) is 20.0. The molecule has 0 radical (unpaired) electrons. The third-order valence-corrected chi connectivity index (χ3v) is 5.68. The summed E-state index contributed by atoms with van der Waals surface area (Å²) in [5.41, 5.74) is 5.12. The second-order valence-corrected chi connectivity index (χ2v) is 7.82. The fourth-order valence-electron chi connectivity index (χ4n) is 4.17. The van der Waals surface area contributed by atoms with E-state index in [0.717, 1.165) is 39.3 Å². The molecule has 1 saturated heterocycles. The molecule has 2 aromatic carbocycles. The number of amides is 2. The Balaban J connectivity index is 1.43. The summed E-state index contributed by atoms with van der Waals surface area (Å²) in [4.78, 5) is 24.2. The van der Waals surface area contributed by atoms with Gasteiger partial charge in [-0.25, -0.2) is 9.78 Å². The molecule has 3 aromatic rings. The van der Waals surface area contributed by atoms with Crippen LogP contribution in [0.3, 0.4) is 0 Å². The molecular weight excluding hydrogens is 368 g/mol. The maximum Gasteiger partial charge on any atom is 0.320 e. The monoisotopic (exact) mass is 392 g/mol. The van der Waals surface area contributed by atoms with Gasteiger partial charge in [0.2, 0.25) is 0 Å². The minimum Gasteiger partial charge on any atom is -0.491 e. The quantitative estimate of drug-likeness (QED) is 0.667. The van der Waals surface area contributed by atoms with E-state index in [2.05, 4.69) is 34.2 Å². The lowest BCUT2D eigenvalue weighted by Gasteiger charge is -2.26. The van der Waals surface area contributed by atoms with Gasteiger partial charge < -0.3 is 24.6 Å². The zero-order valence-electron chi connectivity index (χ0n) is 16.4. The Bertz CT molecular complexity index is 1080. The molecule has 2 aliphatic rings. The number of aryl methyl sites for hydroxylation is 1. The van der Waals surface area contributed by atoms with Crippen LogP contribution in [0.4, 0.5) is 4.79 Å². The van der Waals surface area contributed by atoms with E-state index in [1.165, 1.54) is 0 Å². The first-order valence-electron chi connectivity index (χ1n) is 10.0. The van der Waals surface area contributed by atoms with Gasteiger partial charge in [-0.2, -0.15) is 0 Å². The van der Waals surface area contributed by atoms with Crippen LogP contribution in [-0.4, -0.2) is 63.3 Å². The summed E-state index contributed by atoms with van der Waals surface area (Å²) in [6.07, 6.45) is 0.230. The highest BCUT2D eigenvalue weighted by Gasteiger charge is 2.29. The van der Waals surface area contributed by atoms with Gasteiger partial charge in [-0.3, -0.25) is 0 Å². The number of ether oxygens (including phenoxy) is 1. The maximum atomic E-state index is 12.9. The van der Waals surface area contributed by atoms with Crippen molar-refractivity contribution in [3.63, 3.8) is 0 Å². The summed E-state index contributed by atoms with van der Waals surface area (Å²) in [7, 11) is 0. The highest BCUT2D eigenvalue weighted by molar-refractivity contribution is 5.82. The normalized spacial score (nSPS) is 19.2. The summed E-state index contributed by atoms with van der Waals surface area (Å²) in [5.74, 6) is 1.72. The molecule has 150 valence electrons. The van der Waals surface area contributed by atoms with Crippen molar-refractivity contribution in [3.05, 3.63) is 47.8 Å². The number of hydrogen-bond donors (Lipinski definition) is 2. The van der Waals surface area contributed by atoms with Crippen molar-refractivity contribution in [1.29, 1.82) is 0 Å². The second kappa shape index (κ2) is 7.08. The molecule has 1 aromatic heterocycles. The molecule has 1 fully saturated rings. The van der Waals surface area contributed by atoms with Crippen molar-refractivity contribution in [2.45, 2.75) is 26.0 Å². The summed E-state index contributed by atoms with van der Waals surface area (Å²) < 4.78 is 5.90. The molecule has 2 aliphatic heterocycles. The van der Waals surface area contributed by atoms with Gasteiger partial charge in [-0.15, -0.1) is 0 Å².